The van der Waals surface area contributed by atoms with Crippen molar-refractivity contribution < 1.29 is 44.6 Å². The number of ether oxygens (including phenoxy) is 3. The smallest absolute Gasteiger partial charge is 0.241 e. The minimum atomic E-state index is -4.60. The second-order valence-electron chi connectivity index (χ2n) is 5.16. The van der Waals surface area contributed by atoms with Gasteiger partial charge in [-0.2, -0.15) is 0 Å². The fraction of sp³-hybridized carbons (Fsp3) is 0.400. The van der Waals surface area contributed by atoms with Crippen LogP contribution in [-0.2, 0) is 16.4 Å². The van der Waals surface area contributed by atoms with Gasteiger partial charge in [-0.15, -0.1) is 0 Å². The number of methoxy groups -OCH3 is 1. The quantitative estimate of drug-likeness (QED) is 0.574. The van der Waals surface area contributed by atoms with E-state index in [1.54, 1.807) is 0 Å². The molecule has 28 heavy (non-hydrogen) atoms. The summed E-state index contributed by atoms with van der Waals surface area (Å²) in [5.74, 6) is -2.85. The predicted octanol–water partition coefficient (Wildman–Crippen LogP) is 2.34. The van der Waals surface area contributed by atoms with Crippen LogP contribution in [0.25, 0.3) is 0 Å². The van der Waals surface area contributed by atoms with Crippen LogP contribution in [0.2, 0.25) is 0 Å². The molecule has 154 valence electrons. The average Bonchev–Trinajstić information content (AvgIpc) is 2.84. The molecular weight excluding hydrogens is 380 g/mol. The van der Waals surface area contributed by atoms with Gasteiger partial charge in [-0.25, -0.2) is 13.6 Å². The summed E-state index contributed by atoms with van der Waals surface area (Å²) in [6, 6.07) is -2.65. The predicted molar refractivity (Wildman–Crippen MR) is 109 cm³/mol. The number of benzene rings is 2. The summed E-state index contributed by atoms with van der Waals surface area (Å²) in [7, 11) is -7.66. The van der Waals surface area contributed by atoms with Crippen LogP contribution in [0, 0.1) is 0 Å². The van der Waals surface area contributed by atoms with Crippen LogP contribution in [0.15, 0.2) is 47.3 Å². The molecular formula is C20H28N2O5S. The van der Waals surface area contributed by atoms with Gasteiger partial charge >= 0.3 is 0 Å². The molecule has 0 fully saturated rings. The Morgan fingerprint density at radius 2 is 2.00 bits per heavy atom. The SMILES string of the molecule is [2H]c1c([2H])c([2H])c(OC([2H])([2H])C([2H])([2H])[2H])c(OC([2H])([2H])CN[C@H](C)C([2H])([2H])c2ccc(OC([2H])([2H])[2H])c(S(N)(=O)=O)c2)c1[2H]. The van der Waals surface area contributed by atoms with E-state index in [-0.39, 0.29) is 5.56 Å². The van der Waals surface area contributed by atoms with Gasteiger partial charge in [0, 0.05) is 19.4 Å². The summed E-state index contributed by atoms with van der Waals surface area (Å²) in [6.45, 7) is -9.52. The molecule has 7 nitrogen and oxygen atoms in total. The lowest BCUT2D eigenvalue weighted by atomic mass is 10.1. The van der Waals surface area contributed by atoms with Crippen molar-refractivity contribution in [1.29, 1.82) is 0 Å². The third-order valence-corrected chi connectivity index (χ3v) is 4.10. The monoisotopic (exact) mass is 424 g/mol. The maximum atomic E-state index is 12.1. The minimum absolute atomic E-state index is 0.333. The Morgan fingerprint density at radius 1 is 1.25 bits per heavy atom. The molecule has 0 heterocycles. The Morgan fingerprint density at radius 3 is 2.68 bits per heavy atom. The van der Waals surface area contributed by atoms with Gasteiger partial charge in [0.2, 0.25) is 10.0 Å². The molecule has 0 aliphatic rings. The summed E-state index contributed by atoms with van der Waals surface area (Å²) >= 11 is 0. The van der Waals surface area contributed by atoms with Gasteiger partial charge in [0.1, 0.15) is 17.2 Å². The lowest BCUT2D eigenvalue weighted by Crippen LogP contribution is -2.32. The van der Waals surface area contributed by atoms with Gasteiger partial charge in [-0.1, -0.05) is 18.2 Å². The van der Waals surface area contributed by atoms with Gasteiger partial charge in [0.25, 0.3) is 0 Å². The van der Waals surface area contributed by atoms with Crippen molar-refractivity contribution in [2.24, 2.45) is 5.14 Å². The number of nitrogens with one attached hydrogen (secondary N) is 1. The van der Waals surface area contributed by atoms with Gasteiger partial charge in [0.15, 0.2) is 11.5 Å². The van der Waals surface area contributed by atoms with Crippen molar-refractivity contribution in [2.45, 2.75) is 31.1 Å². The molecule has 0 aliphatic heterocycles. The highest BCUT2D eigenvalue weighted by Gasteiger charge is 2.16. The van der Waals surface area contributed by atoms with Crippen LogP contribution in [0.4, 0.5) is 0 Å². The number of hydrogen-bond donors (Lipinski definition) is 2. The van der Waals surface area contributed by atoms with Crippen LogP contribution >= 0.6 is 0 Å². The first-order valence-electron chi connectivity index (χ1n) is 15.6. The summed E-state index contributed by atoms with van der Waals surface area (Å²) in [4.78, 5) is -0.830. The summed E-state index contributed by atoms with van der Waals surface area (Å²) in [5.41, 5.74) is -0.333. The zero-order chi connectivity index (χ0) is 34.4. The minimum Gasteiger partial charge on any atom is -0.495 e. The maximum absolute atomic E-state index is 12.1. The molecule has 0 aliphatic carbocycles. The highest BCUT2D eigenvalue weighted by atomic mass is 32.2. The number of hydrogen-bond acceptors (Lipinski definition) is 6. The van der Waals surface area contributed by atoms with E-state index in [9.17, 15) is 8.42 Å². The third kappa shape index (κ3) is 6.40. The molecule has 3 N–H and O–H groups in total. The Hall–Kier alpha value is -2.29. The zero-order valence-electron chi connectivity index (χ0n) is 30.5. The van der Waals surface area contributed by atoms with E-state index in [4.69, 9.17) is 36.5 Å². The highest BCUT2D eigenvalue weighted by Crippen LogP contribution is 2.26. The molecule has 0 saturated carbocycles. The maximum Gasteiger partial charge on any atom is 0.241 e. The van der Waals surface area contributed by atoms with Crippen LogP contribution in [0.5, 0.6) is 17.2 Å². The van der Waals surface area contributed by atoms with Gasteiger partial charge in [-0.05, 0) is 49.9 Å². The van der Waals surface area contributed by atoms with E-state index in [0.717, 1.165) is 18.2 Å². The van der Waals surface area contributed by atoms with E-state index in [2.05, 4.69) is 10.1 Å². The van der Waals surface area contributed by atoms with Crippen LogP contribution < -0.4 is 24.7 Å². The Labute approximate surface area is 189 Å². The first-order valence-corrected chi connectivity index (χ1v) is 9.14. The molecule has 0 aromatic heterocycles. The molecule has 0 saturated heterocycles. The van der Waals surface area contributed by atoms with Gasteiger partial charge in [0.05, 0.1) is 28.7 Å². The molecule has 8 heteroatoms. The van der Waals surface area contributed by atoms with E-state index >= 15 is 0 Å². The second-order valence-corrected chi connectivity index (χ2v) is 6.69. The molecule has 2 aromatic rings. The molecule has 0 unspecified atom stereocenters. The van der Waals surface area contributed by atoms with Gasteiger partial charge < -0.3 is 19.5 Å². The Balaban J connectivity index is 2.41. The van der Waals surface area contributed by atoms with E-state index < -0.39 is 102 Å². The van der Waals surface area contributed by atoms with Crippen molar-refractivity contribution in [2.75, 3.05) is 26.7 Å². The topological polar surface area (TPSA) is 99.9 Å². The molecule has 0 radical (unpaired) electrons. The van der Waals surface area contributed by atoms with Crippen LogP contribution in [-0.4, -0.2) is 41.2 Å². The summed E-state index contributed by atoms with van der Waals surface area (Å²) in [5, 5.41) is 7.63. The average molecular weight is 425 g/mol. The Bertz CT molecular complexity index is 1490. The fourth-order valence-electron chi connectivity index (χ4n) is 1.99. The van der Waals surface area contributed by atoms with E-state index in [1.807, 2.05) is 0 Å². The van der Waals surface area contributed by atoms with Crippen molar-refractivity contribution in [3.05, 3.63) is 47.9 Å². The third-order valence-electron chi connectivity index (χ3n) is 3.17. The Kier molecular flexibility index (Phi) is 3.17. The highest BCUT2D eigenvalue weighted by molar-refractivity contribution is 7.89. The number of sulfonamides is 1. The molecule has 0 spiro atoms. The molecule has 0 bridgehead atoms. The fourth-order valence-corrected chi connectivity index (χ4v) is 2.67. The first kappa shape index (κ1) is 8.61. The van der Waals surface area contributed by atoms with Gasteiger partial charge in [-0.3, -0.25) is 0 Å². The second kappa shape index (κ2) is 10.3. The van der Waals surface area contributed by atoms with Crippen LogP contribution in [0.3, 0.4) is 0 Å². The van der Waals surface area contributed by atoms with Crippen LogP contribution in [0.1, 0.15) is 41.3 Å². The normalized spacial score (nSPS) is 23.2. The molecule has 2 aromatic carbocycles. The standard InChI is InChI=1S/C20H28N2O5S/c1-4-26-17-7-5-6-8-18(17)27-12-11-22-15(2)13-16-9-10-19(25-3)20(14-16)28(21,23)24/h5-10,14-15,22H,4,11-13H2,1-3H3,(H2,21,23,24)/t15-/m1/s1/i1D3,3D3,4D2,5D,6D,7D,8D,12D2,13D2. The molecule has 1 atom stereocenters. The lowest BCUT2D eigenvalue weighted by Gasteiger charge is -2.16. The summed E-state index contributed by atoms with van der Waals surface area (Å²) in [6.07, 6.45) is -2.49. The van der Waals surface area contributed by atoms with E-state index in [1.165, 1.54) is 6.92 Å². The largest absolute Gasteiger partial charge is 0.495 e. The van der Waals surface area contributed by atoms with Crippen molar-refractivity contribution >= 4 is 10.0 Å². The number of primary sulfonamides is 1. The summed E-state index contributed by atoms with van der Waals surface area (Å²) < 4.78 is 163. The zero-order valence-corrected chi connectivity index (χ0v) is 15.4. The first-order chi connectivity index (χ1) is 19.5. The number of nitrogens with two attached hydrogens (primary N) is 1. The van der Waals surface area contributed by atoms with Crippen molar-refractivity contribution in [3.63, 3.8) is 0 Å². The van der Waals surface area contributed by atoms with Crippen molar-refractivity contribution in [3.8, 4) is 17.2 Å². The van der Waals surface area contributed by atoms with E-state index in [0.29, 0.717) is 0 Å². The molecule has 0 amide bonds. The lowest BCUT2D eigenvalue weighted by molar-refractivity contribution is 0.272. The van der Waals surface area contributed by atoms with Crippen molar-refractivity contribution in [1.82, 2.24) is 5.32 Å². The number of para-hydroxylation sites is 2. The molecule has 2 rings (SSSR count). The number of rotatable bonds is 11.